The van der Waals surface area contributed by atoms with E-state index in [0.29, 0.717) is 10.6 Å². The van der Waals surface area contributed by atoms with E-state index in [0.717, 1.165) is 11.3 Å². The molecule has 7 nitrogen and oxygen atoms in total. The molecule has 0 spiro atoms. The summed E-state index contributed by atoms with van der Waals surface area (Å²) in [4.78, 5) is 37.2. The topological polar surface area (TPSA) is 90.3 Å². The molecule has 4 aromatic rings. The first-order valence-corrected chi connectivity index (χ1v) is 10.2. The molecular weight excluding hydrogens is 414 g/mol. The minimum atomic E-state index is -0.709. The first-order valence-electron chi connectivity index (χ1n) is 9.37. The number of thiophene rings is 1. The Balaban J connectivity index is 1.52. The van der Waals surface area contributed by atoms with Crippen LogP contribution < -0.4 is 5.32 Å². The zero-order valence-electron chi connectivity index (χ0n) is 16.2. The van der Waals surface area contributed by atoms with Gasteiger partial charge in [0.1, 0.15) is 11.3 Å². The number of rotatable bonds is 6. The van der Waals surface area contributed by atoms with E-state index in [1.54, 1.807) is 28.4 Å². The van der Waals surface area contributed by atoms with Crippen LogP contribution in [0.25, 0.3) is 16.9 Å². The standard InChI is InChI=1S/C23H17N3O4S/c27-20(24-22(28)19-12-7-13-31-19)15-30-23(29)18-14-26(17-10-5-2-6-11-17)25-21(18)16-8-3-1-4-9-16/h1-14H,15H2,(H,24,27,28). The van der Waals surface area contributed by atoms with E-state index < -0.39 is 24.4 Å². The fourth-order valence-corrected chi connectivity index (χ4v) is 3.51. The van der Waals surface area contributed by atoms with Crippen LogP contribution in [0.15, 0.2) is 84.4 Å². The molecule has 0 saturated heterocycles. The Morgan fingerprint density at radius 1 is 0.935 bits per heavy atom. The lowest BCUT2D eigenvalue weighted by atomic mass is 10.1. The molecule has 0 fully saturated rings. The van der Waals surface area contributed by atoms with Crippen molar-refractivity contribution in [1.82, 2.24) is 15.1 Å². The van der Waals surface area contributed by atoms with Gasteiger partial charge in [0.2, 0.25) is 0 Å². The number of imide groups is 1. The molecule has 2 aromatic carbocycles. The van der Waals surface area contributed by atoms with Gasteiger partial charge in [0.15, 0.2) is 6.61 Å². The molecule has 0 atom stereocenters. The van der Waals surface area contributed by atoms with E-state index >= 15 is 0 Å². The Bertz CT molecular complexity index is 1200. The van der Waals surface area contributed by atoms with Crippen LogP contribution in [-0.2, 0) is 9.53 Å². The predicted octanol–water partition coefficient (Wildman–Crippen LogP) is 3.71. The summed E-state index contributed by atoms with van der Waals surface area (Å²) in [6, 6.07) is 21.9. The number of carbonyl (C=O) groups is 3. The molecule has 31 heavy (non-hydrogen) atoms. The van der Waals surface area contributed by atoms with Crippen molar-refractivity contribution < 1.29 is 19.1 Å². The van der Waals surface area contributed by atoms with Crippen molar-refractivity contribution in [2.24, 2.45) is 0 Å². The van der Waals surface area contributed by atoms with Crippen molar-refractivity contribution in [3.05, 3.63) is 94.8 Å². The summed E-state index contributed by atoms with van der Waals surface area (Å²) in [7, 11) is 0. The Hall–Kier alpha value is -4.04. The number of benzene rings is 2. The fraction of sp³-hybridized carbons (Fsp3) is 0.0435. The van der Waals surface area contributed by atoms with Crippen molar-refractivity contribution >= 4 is 29.1 Å². The molecule has 2 amide bonds. The van der Waals surface area contributed by atoms with Gasteiger partial charge in [-0.1, -0.05) is 54.6 Å². The molecular formula is C23H17N3O4S. The number of amides is 2. The van der Waals surface area contributed by atoms with Gasteiger partial charge in [-0.15, -0.1) is 11.3 Å². The van der Waals surface area contributed by atoms with E-state index in [-0.39, 0.29) is 5.56 Å². The third kappa shape index (κ3) is 4.76. The minimum Gasteiger partial charge on any atom is -0.452 e. The molecule has 2 aromatic heterocycles. The normalized spacial score (nSPS) is 10.5. The van der Waals surface area contributed by atoms with Crippen LogP contribution in [0.5, 0.6) is 0 Å². The molecule has 0 bridgehead atoms. The van der Waals surface area contributed by atoms with Crippen LogP contribution >= 0.6 is 11.3 Å². The van der Waals surface area contributed by atoms with Crippen LogP contribution in [0, 0.1) is 0 Å². The number of esters is 1. The largest absolute Gasteiger partial charge is 0.452 e. The van der Waals surface area contributed by atoms with Crippen molar-refractivity contribution in [1.29, 1.82) is 0 Å². The summed E-state index contributed by atoms with van der Waals surface area (Å²) in [6.07, 6.45) is 1.56. The van der Waals surface area contributed by atoms with Gasteiger partial charge < -0.3 is 4.74 Å². The van der Waals surface area contributed by atoms with E-state index in [2.05, 4.69) is 10.4 Å². The predicted molar refractivity (Wildman–Crippen MR) is 116 cm³/mol. The molecule has 0 aliphatic rings. The molecule has 0 saturated carbocycles. The highest BCUT2D eigenvalue weighted by Gasteiger charge is 2.21. The van der Waals surface area contributed by atoms with Gasteiger partial charge in [-0.2, -0.15) is 5.10 Å². The number of nitrogens with one attached hydrogen (secondary N) is 1. The Morgan fingerprint density at radius 3 is 2.32 bits per heavy atom. The van der Waals surface area contributed by atoms with Crippen molar-refractivity contribution in [2.45, 2.75) is 0 Å². The second-order valence-electron chi connectivity index (χ2n) is 6.47. The number of hydrogen-bond acceptors (Lipinski definition) is 6. The minimum absolute atomic E-state index is 0.215. The van der Waals surface area contributed by atoms with Gasteiger partial charge in [-0.3, -0.25) is 14.9 Å². The van der Waals surface area contributed by atoms with Crippen LogP contribution in [0.2, 0.25) is 0 Å². The maximum absolute atomic E-state index is 12.8. The monoisotopic (exact) mass is 431 g/mol. The number of carbonyl (C=O) groups excluding carboxylic acids is 3. The van der Waals surface area contributed by atoms with Crippen molar-refractivity contribution in [2.75, 3.05) is 6.61 Å². The van der Waals surface area contributed by atoms with Crippen LogP contribution in [0.1, 0.15) is 20.0 Å². The Labute approximate surface area is 181 Å². The smallest absolute Gasteiger partial charge is 0.342 e. The maximum Gasteiger partial charge on any atom is 0.342 e. The van der Waals surface area contributed by atoms with Gasteiger partial charge in [0.25, 0.3) is 11.8 Å². The summed E-state index contributed by atoms with van der Waals surface area (Å²) in [5.74, 6) is -1.94. The fourth-order valence-electron chi connectivity index (χ4n) is 2.89. The van der Waals surface area contributed by atoms with E-state index in [9.17, 15) is 14.4 Å². The van der Waals surface area contributed by atoms with Crippen LogP contribution in [0.4, 0.5) is 0 Å². The van der Waals surface area contributed by atoms with Crippen LogP contribution in [0.3, 0.4) is 0 Å². The Kier molecular flexibility index (Phi) is 6.00. The molecule has 2 heterocycles. The Morgan fingerprint density at radius 2 is 1.65 bits per heavy atom. The average molecular weight is 431 g/mol. The summed E-state index contributed by atoms with van der Waals surface area (Å²) in [5.41, 5.74) is 2.16. The number of hydrogen-bond donors (Lipinski definition) is 1. The van der Waals surface area contributed by atoms with Crippen molar-refractivity contribution in [3.63, 3.8) is 0 Å². The van der Waals surface area contributed by atoms with Gasteiger partial charge >= 0.3 is 5.97 Å². The lowest BCUT2D eigenvalue weighted by Crippen LogP contribution is -2.33. The first kappa shape index (κ1) is 20.2. The summed E-state index contributed by atoms with van der Waals surface area (Å²) >= 11 is 1.21. The third-order valence-corrected chi connectivity index (χ3v) is 5.20. The van der Waals surface area contributed by atoms with E-state index in [4.69, 9.17) is 4.74 Å². The molecule has 4 rings (SSSR count). The van der Waals surface area contributed by atoms with Gasteiger partial charge in [0.05, 0.1) is 10.6 Å². The molecule has 8 heteroatoms. The maximum atomic E-state index is 12.8. The molecule has 0 radical (unpaired) electrons. The van der Waals surface area contributed by atoms with Crippen molar-refractivity contribution in [3.8, 4) is 16.9 Å². The second-order valence-corrected chi connectivity index (χ2v) is 7.42. The number of aromatic nitrogens is 2. The highest BCUT2D eigenvalue weighted by molar-refractivity contribution is 7.12. The quantitative estimate of drug-likeness (QED) is 0.470. The lowest BCUT2D eigenvalue weighted by Gasteiger charge is -2.05. The van der Waals surface area contributed by atoms with Gasteiger partial charge in [-0.25, -0.2) is 9.48 Å². The third-order valence-electron chi connectivity index (χ3n) is 4.33. The van der Waals surface area contributed by atoms with Crippen LogP contribution in [-0.4, -0.2) is 34.2 Å². The molecule has 154 valence electrons. The summed E-state index contributed by atoms with van der Waals surface area (Å²) in [5, 5.41) is 8.48. The first-order chi connectivity index (χ1) is 15.1. The molecule has 0 aliphatic carbocycles. The zero-order chi connectivity index (χ0) is 21.6. The highest BCUT2D eigenvalue weighted by atomic mass is 32.1. The SMILES string of the molecule is O=C(COC(=O)c1cn(-c2ccccc2)nc1-c1ccccc1)NC(=O)c1cccs1. The number of ether oxygens (including phenoxy) is 1. The lowest BCUT2D eigenvalue weighted by molar-refractivity contribution is -0.123. The van der Waals surface area contributed by atoms with E-state index in [1.807, 2.05) is 60.7 Å². The number of nitrogens with zero attached hydrogens (tertiary/aromatic N) is 2. The zero-order valence-corrected chi connectivity index (χ0v) is 17.0. The summed E-state index contributed by atoms with van der Waals surface area (Å²) < 4.78 is 6.75. The van der Waals surface area contributed by atoms with E-state index in [1.165, 1.54) is 11.3 Å². The second kappa shape index (κ2) is 9.19. The van der Waals surface area contributed by atoms with Gasteiger partial charge in [0, 0.05) is 11.8 Å². The molecule has 0 unspecified atom stereocenters. The molecule has 1 N–H and O–H groups in total. The van der Waals surface area contributed by atoms with Gasteiger partial charge in [-0.05, 0) is 23.6 Å². The number of para-hydroxylation sites is 1. The highest BCUT2D eigenvalue weighted by Crippen LogP contribution is 2.24. The summed E-state index contributed by atoms with van der Waals surface area (Å²) in [6.45, 7) is -0.583. The molecule has 0 aliphatic heterocycles. The average Bonchev–Trinajstić information content (AvgIpc) is 3.49.